The van der Waals surface area contributed by atoms with Crippen LogP contribution in [0.4, 0.5) is 8.78 Å². The molecule has 19 heavy (non-hydrogen) atoms. The van der Waals surface area contributed by atoms with E-state index in [1.165, 1.54) is 0 Å². The minimum Gasteiger partial charge on any atom is -0.342 e. The minimum atomic E-state index is -2.60. The smallest absolute Gasteiger partial charge is 0.251 e. The van der Waals surface area contributed by atoms with Gasteiger partial charge in [0, 0.05) is 36.8 Å². The second-order valence-electron chi connectivity index (χ2n) is 4.83. The summed E-state index contributed by atoms with van der Waals surface area (Å²) in [6, 6.07) is 7.73. The standard InChI is InChI=1S/C14H16BrF2NO/c15-12-4-2-1-3-11(12)5-6-13(19)18-9-7-14(16,17)8-10-18/h1-4H,5-10H2. The predicted molar refractivity (Wildman–Crippen MR) is 73.2 cm³/mol. The highest BCUT2D eigenvalue weighted by Gasteiger charge is 2.35. The molecule has 1 saturated heterocycles. The molecule has 0 N–H and O–H groups in total. The Balaban J connectivity index is 1.84. The molecular weight excluding hydrogens is 316 g/mol. The van der Waals surface area contributed by atoms with Crippen LogP contribution in [0, 0.1) is 0 Å². The molecule has 2 nitrogen and oxygen atoms in total. The number of alkyl halides is 2. The van der Waals surface area contributed by atoms with Crippen molar-refractivity contribution in [1.82, 2.24) is 4.90 Å². The Morgan fingerprint density at radius 2 is 1.89 bits per heavy atom. The van der Waals surface area contributed by atoms with Crippen LogP contribution >= 0.6 is 15.9 Å². The molecule has 0 aliphatic carbocycles. The van der Waals surface area contributed by atoms with Crippen molar-refractivity contribution in [2.45, 2.75) is 31.6 Å². The molecule has 1 heterocycles. The topological polar surface area (TPSA) is 20.3 Å². The summed E-state index contributed by atoms with van der Waals surface area (Å²) in [5.74, 6) is -2.63. The Bertz CT molecular complexity index is 455. The van der Waals surface area contributed by atoms with Gasteiger partial charge in [-0.1, -0.05) is 34.1 Å². The molecule has 0 atom stereocenters. The van der Waals surface area contributed by atoms with E-state index in [0.29, 0.717) is 12.8 Å². The van der Waals surface area contributed by atoms with E-state index in [2.05, 4.69) is 15.9 Å². The number of halogens is 3. The molecule has 0 radical (unpaired) electrons. The predicted octanol–water partition coefficient (Wildman–Crippen LogP) is 3.64. The van der Waals surface area contributed by atoms with Gasteiger partial charge in [-0.15, -0.1) is 0 Å². The number of nitrogens with zero attached hydrogens (tertiary/aromatic N) is 1. The number of aryl methyl sites for hydroxylation is 1. The van der Waals surface area contributed by atoms with Gasteiger partial charge in [0.15, 0.2) is 0 Å². The van der Waals surface area contributed by atoms with Gasteiger partial charge in [0.1, 0.15) is 0 Å². The van der Waals surface area contributed by atoms with Crippen LogP contribution in [-0.4, -0.2) is 29.8 Å². The van der Waals surface area contributed by atoms with Crippen LogP contribution in [0.2, 0.25) is 0 Å². The van der Waals surface area contributed by atoms with Gasteiger partial charge in [-0.2, -0.15) is 0 Å². The molecule has 1 fully saturated rings. The lowest BCUT2D eigenvalue weighted by molar-refractivity contribution is -0.137. The molecule has 0 saturated carbocycles. The Morgan fingerprint density at radius 1 is 1.26 bits per heavy atom. The molecule has 1 aromatic rings. The molecule has 0 unspecified atom stereocenters. The largest absolute Gasteiger partial charge is 0.342 e. The van der Waals surface area contributed by atoms with Crippen LogP contribution < -0.4 is 0 Å². The van der Waals surface area contributed by atoms with E-state index in [0.717, 1.165) is 10.0 Å². The van der Waals surface area contributed by atoms with Crippen molar-refractivity contribution in [3.63, 3.8) is 0 Å². The van der Waals surface area contributed by atoms with Crippen LogP contribution in [0.25, 0.3) is 0 Å². The number of amides is 1. The van der Waals surface area contributed by atoms with Crippen LogP contribution in [0.3, 0.4) is 0 Å². The van der Waals surface area contributed by atoms with E-state index >= 15 is 0 Å². The fraction of sp³-hybridized carbons (Fsp3) is 0.500. The summed E-state index contributed by atoms with van der Waals surface area (Å²) < 4.78 is 27.0. The highest BCUT2D eigenvalue weighted by Crippen LogP contribution is 2.28. The number of benzene rings is 1. The first-order valence-corrected chi connectivity index (χ1v) is 7.16. The summed E-state index contributed by atoms with van der Waals surface area (Å²) in [6.07, 6.45) is 0.572. The van der Waals surface area contributed by atoms with Gasteiger partial charge >= 0.3 is 0 Å². The average molecular weight is 332 g/mol. The lowest BCUT2D eigenvalue weighted by Crippen LogP contribution is -2.42. The zero-order chi connectivity index (χ0) is 13.9. The molecular formula is C14H16BrF2NO. The van der Waals surface area contributed by atoms with Crippen molar-refractivity contribution in [2.24, 2.45) is 0 Å². The van der Waals surface area contributed by atoms with E-state index in [1.54, 1.807) is 4.90 Å². The molecule has 5 heteroatoms. The quantitative estimate of drug-likeness (QED) is 0.828. The van der Waals surface area contributed by atoms with Crippen LogP contribution in [0.5, 0.6) is 0 Å². The van der Waals surface area contributed by atoms with Crippen molar-refractivity contribution >= 4 is 21.8 Å². The normalized spacial score (nSPS) is 18.4. The van der Waals surface area contributed by atoms with Gasteiger partial charge in [-0.05, 0) is 18.1 Å². The highest BCUT2D eigenvalue weighted by molar-refractivity contribution is 9.10. The Hall–Kier alpha value is -0.970. The monoisotopic (exact) mass is 331 g/mol. The highest BCUT2D eigenvalue weighted by atomic mass is 79.9. The molecule has 1 aromatic carbocycles. The first-order valence-electron chi connectivity index (χ1n) is 6.37. The van der Waals surface area contributed by atoms with Gasteiger partial charge in [0.2, 0.25) is 5.91 Å². The maximum Gasteiger partial charge on any atom is 0.251 e. The van der Waals surface area contributed by atoms with Crippen molar-refractivity contribution in [2.75, 3.05) is 13.1 Å². The van der Waals surface area contributed by atoms with Crippen LogP contribution in [0.1, 0.15) is 24.8 Å². The molecule has 1 aliphatic rings. The SMILES string of the molecule is O=C(CCc1ccccc1Br)N1CCC(F)(F)CC1. The second kappa shape index (κ2) is 5.99. The Kier molecular flexibility index (Phi) is 4.55. The number of piperidine rings is 1. The number of hydrogen-bond donors (Lipinski definition) is 0. The lowest BCUT2D eigenvalue weighted by atomic mass is 10.1. The number of rotatable bonds is 3. The number of hydrogen-bond acceptors (Lipinski definition) is 1. The number of carbonyl (C=O) groups is 1. The summed E-state index contributed by atoms with van der Waals surface area (Å²) in [6.45, 7) is 0.337. The van der Waals surface area contributed by atoms with Gasteiger partial charge < -0.3 is 4.90 Å². The van der Waals surface area contributed by atoms with Crippen LogP contribution in [0.15, 0.2) is 28.7 Å². The lowest BCUT2D eigenvalue weighted by Gasteiger charge is -2.31. The van der Waals surface area contributed by atoms with E-state index < -0.39 is 5.92 Å². The first-order chi connectivity index (χ1) is 8.98. The maximum absolute atomic E-state index is 13.0. The Morgan fingerprint density at radius 3 is 2.53 bits per heavy atom. The van der Waals surface area contributed by atoms with Crippen molar-refractivity contribution in [3.8, 4) is 0 Å². The summed E-state index contributed by atoms with van der Waals surface area (Å²) in [7, 11) is 0. The zero-order valence-corrected chi connectivity index (χ0v) is 12.1. The second-order valence-corrected chi connectivity index (χ2v) is 5.68. The Labute approximate surface area is 119 Å². The van der Waals surface area contributed by atoms with E-state index in [-0.39, 0.29) is 31.8 Å². The zero-order valence-electron chi connectivity index (χ0n) is 10.5. The van der Waals surface area contributed by atoms with Gasteiger partial charge in [-0.25, -0.2) is 8.78 Å². The van der Waals surface area contributed by atoms with E-state index in [4.69, 9.17) is 0 Å². The molecule has 1 aliphatic heterocycles. The van der Waals surface area contributed by atoms with E-state index in [9.17, 15) is 13.6 Å². The number of carbonyl (C=O) groups excluding carboxylic acids is 1. The summed E-state index contributed by atoms with van der Waals surface area (Å²) >= 11 is 3.43. The molecule has 2 rings (SSSR count). The van der Waals surface area contributed by atoms with Crippen LogP contribution in [-0.2, 0) is 11.2 Å². The maximum atomic E-state index is 13.0. The summed E-state index contributed by atoms with van der Waals surface area (Å²) in [5, 5.41) is 0. The third-order valence-corrected chi connectivity index (χ3v) is 4.19. The third kappa shape index (κ3) is 4.00. The van der Waals surface area contributed by atoms with Gasteiger partial charge in [0.25, 0.3) is 5.92 Å². The fourth-order valence-corrected chi connectivity index (χ4v) is 2.67. The van der Waals surface area contributed by atoms with Gasteiger partial charge in [-0.3, -0.25) is 4.79 Å². The third-order valence-electron chi connectivity index (χ3n) is 3.41. The molecule has 104 valence electrons. The fourth-order valence-electron chi connectivity index (χ4n) is 2.18. The average Bonchev–Trinajstić information content (AvgIpc) is 2.37. The van der Waals surface area contributed by atoms with Gasteiger partial charge in [0.05, 0.1) is 0 Å². The number of likely N-dealkylation sites (tertiary alicyclic amines) is 1. The van der Waals surface area contributed by atoms with Crippen molar-refractivity contribution in [3.05, 3.63) is 34.3 Å². The van der Waals surface area contributed by atoms with Crippen molar-refractivity contribution < 1.29 is 13.6 Å². The molecule has 0 aromatic heterocycles. The first kappa shape index (κ1) is 14.4. The summed E-state index contributed by atoms with van der Waals surface area (Å²) in [4.78, 5) is 13.5. The summed E-state index contributed by atoms with van der Waals surface area (Å²) in [5.41, 5.74) is 1.07. The van der Waals surface area contributed by atoms with Crippen molar-refractivity contribution in [1.29, 1.82) is 0 Å². The molecule has 0 spiro atoms. The minimum absolute atomic E-state index is 0.0359. The van der Waals surface area contributed by atoms with E-state index in [1.807, 2.05) is 24.3 Å². The molecule has 0 bridgehead atoms. The molecule has 1 amide bonds.